The number of carbonyl (C=O) groups is 1. The standard InChI is InChI=1S/C10H15N3O3/c1-6-3-12-9(16-6)5-13-10(15)8-2-7(14)4-11-8/h3,7-8,11,14H,2,4-5H2,1H3,(H,13,15). The van der Waals surface area contributed by atoms with E-state index in [1.165, 1.54) is 0 Å². The molecule has 2 unspecified atom stereocenters. The van der Waals surface area contributed by atoms with Crippen molar-refractivity contribution in [1.29, 1.82) is 0 Å². The fourth-order valence-corrected chi connectivity index (χ4v) is 1.69. The second-order valence-electron chi connectivity index (χ2n) is 3.93. The molecule has 1 aromatic rings. The topological polar surface area (TPSA) is 87.4 Å². The summed E-state index contributed by atoms with van der Waals surface area (Å²) in [7, 11) is 0. The largest absolute Gasteiger partial charge is 0.444 e. The highest BCUT2D eigenvalue weighted by molar-refractivity contribution is 5.82. The van der Waals surface area contributed by atoms with Crippen LogP contribution >= 0.6 is 0 Å². The molecule has 1 fully saturated rings. The molecule has 2 heterocycles. The van der Waals surface area contributed by atoms with Gasteiger partial charge in [-0.25, -0.2) is 4.98 Å². The number of aliphatic hydroxyl groups excluding tert-OH is 1. The van der Waals surface area contributed by atoms with Crippen LogP contribution in [0.3, 0.4) is 0 Å². The van der Waals surface area contributed by atoms with Crippen LogP contribution in [-0.4, -0.2) is 34.7 Å². The first-order valence-electron chi connectivity index (χ1n) is 5.25. The maximum absolute atomic E-state index is 11.6. The van der Waals surface area contributed by atoms with Gasteiger partial charge in [-0.2, -0.15) is 0 Å². The third kappa shape index (κ3) is 2.59. The van der Waals surface area contributed by atoms with Gasteiger partial charge in [-0.3, -0.25) is 4.79 Å². The molecule has 0 aliphatic carbocycles. The van der Waals surface area contributed by atoms with E-state index in [9.17, 15) is 9.90 Å². The van der Waals surface area contributed by atoms with Crippen LogP contribution in [0, 0.1) is 6.92 Å². The maximum atomic E-state index is 11.6. The Balaban J connectivity index is 1.80. The molecule has 6 nitrogen and oxygen atoms in total. The molecule has 6 heteroatoms. The summed E-state index contributed by atoms with van der Waals surface area (Å²) in [6, 6.07) is -0.314. The third-order valence-corrected chi connectivity index (χ3v) is 2.51. The minimum atomic E-state index is -0.431. The van der Waals surface area contributed by atoms with Crippen molar-refractivity contribution in [2.75, 3.05) is 6.54 Å². The summed E-state index contributed by atoms with van der Waals surface area (Å²) in [6.45, 7) is 2.55. The van der Waals surface area contributed by atoms with E-state index in [0.29, 0.717) is 18.9 Å². The molecule has 1 aliphatic heterocycles. The summed E-state index contributed by atoms with van der Waals surface area (Å²) in [6.07, 6.45) is 1.63. The number of aryl methyl sites for hydroxylation is 1. The van der Waals surface area contributed by atoms with Gasteiger partial charge in [0.25, 0.3) is 0 Å². The van der Waals surface area contributed by atoms with Crippen molar-refractivity contribution in [2.45, 2.75) is 32.0 Å². The molecule has 16 heavy (non-hydrogen) atoms. The van der Waals surface area contributed by atoms with Crippen LogP contribution < -0.4 is 10.6 Å². The number of hydrogen-bond acceptors (Lipinski definition) is 5. The van der Waals surface area contributed by atoms with Gasteiger partial charge >= 0.3 is 0 Å². The van der Waals surface area contributed by atoms with Crippen LogP contribution in [0.25, 0.3) is 0 Å². The average Bonchev–Trinajstić information content (AvgIpc) is 2.84. The summed E-state index contributed by atoms with van der Waals surface area (Å²) in [5, 5.41) is 14.9. The van der Waals surface area contributed by atoms with E-state index < -0.39 is 6.10 Å². The quantitative estimate of drug-likeness (QED) is 0.634. The van der Waals surface area contributed by atoms with Gasteiger partial charge in [0.1, 0.15) is 5.76 Å². The number of oxazole rings is 1. The van der Waals surface area contributed by atoms with Gasteiger partial charge in [0, 0.05) is 6.54 Å². The van der Waals surface area contributed by atoms with Crippen molar-refractivity contribution in [3.8, 4) is 0 Å². The first-order valence-corrected chi connectivity index (χ1v) is 5.25. The van der Waals surface area contributed by atoms with Crippen molar-refractivity contribution in [3.05, 3.63) is 17.8 Å². The number of aromatic nitrogens is 1. The zero-order chi connectivity index (χ0) is 11.5. The molecule has 0 spiro atoms. The molecule has 2 atom stereocenters. The van der Waals surface area contributed by atoms with Gasteiger partial charge in [0.05, 0.1) is 24.9 Å². The molecule has 1 aliphatic rings. The zero-order valence-corrected chi connectivity index (χ0v) is 9.06. The van der Waals surface area contributed by atoms with E-state index >= 15 is 0 Å². The van der Waals surface area contributed by atoms with Crippen LogP contribution in [0.4, 0.5) is 0 Å². The Kier molecular flexibility index (Phi) is 3.21. The molecule has 0 saturated carbocycles. The molecular formula is C10H15N3O3. The first-order chi connectivity index (χ1) is 7.65. The lowest BCUT2D eigenvalue weighted by Gasteiger charge is -2.09. The molecule has 1 aromatic heterocycles. The number of hydrogen-bond donors (Lipinski definition) is 3. The van der Waals surface area contributed by atoms with Gasteiger partial charge in [0.15, 0.2) is 0 Å². The highest BCUT2D eigenvalue weighted by atomic mass is 16.4. The Hall–Kier alpha value is -1.40. The molecule has 0 aromatic carbocycles. The fraction of sp³-hybridized carbons (Fsp3) is 0.600. The summed E-state index contributed by atoms with van der Waals surface area (Å²) < 4.78 is 5.22. The Bertz CT molecular complexity index is 377. The van der Waals surface area contributed by atoms with E-state index in [4.69, 9.17) is 4.42 Å². The molecule has 3 N–H and O–H groups in total. The highest BCUT2D eigenvalue weighted by Gasteiger charge is 2.27. The lowest BCUT2D eigenvalue weighted by Crippen LogP contribution is -2.40. The minimum absolute atomic E-state index is 0.132. The third-order valence-electron chi connectivity index (χ3n) is 2.51. The summed E-state index contributed by atoms with van der Waals surface area (Å²) in [5.74, 6) is 1.08. The van der Waals surface area contributed by atoms with Crippen molar-refractivity contribution in [1.82, 2.24) is 15.6 Å². The smallest absolute Gasteiger partial charge is 0.237 e. The maximum Gasteiger partial charge on any atom is 0.237 e. The molecule has 0 bridgehead atoms. The van der Waals surface area contributed by atoms with E-state index in [1.807, 2.05) is 0 Å². The number of nitrogens with one attached hydrogen (secondary N) is 2. The molecule has 88 valence electrons. The number of rotatable bonds is 3. The predicted molar refractivity (Wildman–Crippen MR) is 55.5 cm³/mol. The zero-order valence-electron chi connectivity index (χ0n) is 9.06. The van der Waals surface area contributed by atoms with Gasteiger partial charge in [0.2, 0.25) is 11.8 Å². The normalized spacial score (nSPS) is 24.6. The number of amides is 1. The summed E-state index contributed by atoms with van der Waals surface area (Å²) in [4.78, 5) is 15.6. The van der Waals surface area contributed by atoms with E-state index in [-0.39, 0.29) is 18.5 Å². The van der Waals surface area contributed by atoms with Crippen LogP contribution in [0.1, 0.15) is 18.1 Å². The number of aliphatic hydroxyl groups is 1. The Morgan fingerprint density at radius 1 is 1.81 bits per heavy atom. The second kappa shape index (κ2) is 4.63. The Labute approximate surface area is 93.0 Å². The van der Waals surface area contributed by atoms with E-state index in [2.05, 4.69) is 15.6 Å². The van der Waals surface area contributed by atoms with E-state index in [0.717, 1.165) is 5.76 Å². The minimum Gasteiger partial charge on any atom is -0.444 e. The Morgan fingerprint density at radius 3 is 3.19 bits per heavy atom. The molecule has 1 amide bonds. The van der Waals surface area contributed by atoms with Crippen molar-refractivity contribution in [3.63, 3.8) is 0 Å². The van der Waals surface area contributed by atoms with Gasteiger partial charge in [-0.1, -0.05) is 0 Å². The van der Waals surface area contributed by atoms with Crippen LogP contribution in [0.2, 0.25) is 0 Å². The summed E-state index contributed by atoms with van der Waals surface area (Å²) in [5.41, 5.74) is 0. The second-order valence-corrected chi connectivity index (χ2v) is 3.93. The molecule has 1 saturated heterocycles. The van der Waals surface area contributed by atoms with Crippen molar-refractivity contribution < 1.29 is 14.3 Å². The fourth-order valence-electron chi connectivity index (χ4n) is 1.69. The predicted octanol–water partition coefficient (Wildman–Crippen LogP) is -0.678. The van der Waals surface area contributed by atoms with E-state index in [1.54, 1.807) is 13.1 Å². The first kappa shape index (κ1) is 11.1. The monoisotopic (exact) mass is 225 g/mol. The van der Waals surface area contributed by atoms with Gasteiger partial charge in [-0.15, -0.1) is 0 Å². The van der Waals surface area contributed by atoms with Crippen LogP contribution in [-0.2, 0) is 11.3 Å². The lowest BCUT2D eigenvalue weighted by atomic mass is 10.2. The Morgan fingerprint density at radius 2 is 2.62 bits per heavy atom. The van der Waals surface area contributed by atoms with Crippen molar-refractivity contribution in [2.24, 2.45) is 0 Å². The summed E-state index contributed by atoms with van der Waals surface area (Å²) >= 11 is 0. The average molecular weight is 225 g/mol. The highest BCUT2D eigenvalue weighted by Crippen LogP contribution is 2.06. The number of carbonyl (C=O) groups excluding carboxylic acids is 1. The molecule has 2 rings (SSSR count). The van der Waals surface area contributed by atoms with Crippen molar-refractivity contribution >= 4 is 5.91 Å². The molecule has 0 radical (unpaired) electrons. The van der Waals surface area contributed by atoms with Crippen LogP contribution in [0.5, 0.6) is 0 Å². The van der Waals surface area contributed by atoms with Gasteiger partial charge in [-0.05, 0) is 13.3 Å². The SMILES string of the molecule is Cc1cnc(CNC(=O)C2CC(O)CN2)o1. The number of nitrogens with zero attached hydrogens (tertiary/aromatic N) is 1. The number of β-amino-alcohol motifs (C(OH)–C–C–N with tert-alkyl or cyclic N) is 1. The van der Waals surface area contributed by atoms with Crippen LogP contribution in [0.15, 0.2) is 10.6 Å². The molecular weight excluding hydrogens is 210 g/mol. The lowest BCUT2D eigenvalue weighted by molar-refractivity contribution is -0.123. The van der Waals surface area contributed by atoms with Gasteiger partial charge < -0.3 is 20.2 Å².